The number of carbonyl (C=O) groups excluding carboxylic acids is 1. The van der Waals surface area contributed by atoms with Gasteiger partial charge in [0.15, 0.2) is 16.6 Å². The van der Waals surface area contributed by atoms with Crippen molar-refractivity contribution in [1.29, 1.82) is 0 Å². The fourth-order valence-corrected chi connectivity index (χ4v) is 4.17. The number of likely N-dealkylation sites (N-methyl/N-ethyl adjacent to an activating group) is 1. The van der Waals surface area contributed by atoms with Crippen molar-refractivity contribution in [3.8, 4) is 11.5 Å². The third-order valence-corrected chi connectivity index (χ3v) is 5.95. The maximum absolute atomic E-state index is 13.2. The second-order valence-corrected chi connectivity index (χ2v) is 8.65. The number of ether oxygens (including phenoxy) is 2. The monoisotopic (exact) mass is 461 g/mol. The van der Waals surface area contributed by atoms with E-state index >= 15 is 0 Å². The van der Waals surface area contributed by atoms with Crippen molar-refractivity contribution in [2.45, 2.75) is 0 Å². The summed E-state index contributed by atoms with van der Waals surface area (Å²) in [5, 5.41) is 0.673. The Bertz CT molecular complexity index is 961. The molecule has 146 valence electrons. The van der Waals surface area contributed by atoms with Gasteiger partial charge in [-0.3, -0.25) is 9.69 Å². The van der Waals surface area contributed by atoms with Crippen LogP contribution >= 0.6 is 27.3 Å². The molecule has 6 nitrogen and oxygen atoms in total. The summed E-state index contributed by atoms with van der Waals surface area (Å²) in [6, 6.07) is 11.2. The molecule has 28 heavy (non-hydrogen) atoms. The van der Waals surface area contributed by atoms with Gasteiger partial charge >= 0.3 is 0 Å². The Morgan fingerprint density at radius 1 is 1.11 bits per heavy atom. The number of rotatable bonds is 5. The van der Waals surface area contributed by atoms with Crippen molar-refractivity contribution in [2.75, 3.05) is 45.3 Å². The third kappa shape index (κ3) is 3.99. The molecule has 0 fully saturated rings. The first-order valence-corrected chi connectivity index (χ1v) is 10.5. The summed E-state index contributed by atoms with van der Waals surface area (Å²) in [6.45, 7) is 2.36. The van der Waals surface area contributed by atoms with Gasteiger partial charge in [0.1, 0.15) is 13.2 Å². The molecule has 2 aromatic carbocycles. The van der Waals surface area contributed by atoms with Crippen LogP contribution in [0.2, 0.25) is 0 Å². The predicted molar refractivity (Wildman–Crippen MR) is 115 cm³/mol. The van der Waals surface area contributed by atoms with Crippen LogP contribution < -0.4 is 14.4 Å². The fraction of sp³-hybridized carbons (Fsp3) is 0.300. The van der Waals surface area contributed by atoms with Crippen LogP contribution in [0.15, 0.2) is 40.9 Å². The molecule has 1 aliphatic heterocycles. The Kier molecular flexibility index (Phi) is 5.52. The number of fused-ring (bicyclic) bond motifs is 2. The normalized spacial score (nSPS) is 13.1. The van der Waals surface area contributed by atoms with Gasteiger partial charge in [0.25, 0.3) is 5.91 Å². The highest BCUT2D eigenvalue weighted by Crippen LogP contribution is 2.39. The molecule has 0 bridgehead atoms. The van der Waals surface area contributed by atoms with E-state index < -0.39 is 0 Å². The molecule has 8 heteroatoms. The van der Waals surface area contributed by atoms with E-state index in [4.69, 9.17) is 14.5 Å². The number of anilines is 1. The van der Waals surface area contributed by atoms with Crippen molar-refractivity contribution in [2.24, 2.45) is 0 Å². The number of nitrogens with zero attached hydrogens (tertiary/aromatic N) is 3. The summed E-state index contributed by atoms with van der Waals surface area (Å²) in [5.74, 6) is 1.37. The Morgan fingerprint density at radius 2 is 1.79 bits per heavy atom. The van der Waals surface area contributed by atoms with E-state index in [9.17, 15) is 4.79 Å². The van der Waals surface area contributed by atoms with Crippen LogP contribution in [0, 0.1) is 0 Å². The van der Waals surface area contributed by atoms with Gasteiger partial charge in [0, 0.05) is 35.3 Å². The molecule has 1 aromatic heterocycles. The van der Waals surface area contributed by atoms with Crippen LogP contribution in [0.25, 0.3) is 10.2 Å². The molecule has 1 aliphatic rings. The van der Waals surface area contributed by atoms with Crippen LogP contribution in [0.5, 0.6) is 11.5 Å². The van der Waals surface area contributed by atoms with Gasteiger partial charge in [0.05, 0.1) is 10.2 Å². The number of thiazole rings is 1. The third-order valence-electron chi connectivity index (χ3n) is 4.38. The van der Waals surface area contributed by atoms with Crippen molar-refractivity contribution < 1.29 is 14.3 Å². The molecular formula is C20H20BrN3O3S. The molecular weight excluding hydrogens is 442 g/mol. The lowest BCUT2D eigenvalue weighted by atomic mass is 10.2. The summed E-state index contributed by atoms with van der Waals surface area (Å²) < 4.78 is 13.2. The van der Waals surface area contributed by atoms with Crippen LogP contribution in [0.3, 0.4) is 0 Å². The van der Waals surface area contributed by atoms with Crippen LogP contribution in [0.4, 0.5) is 5.13 Å². The summed E-state index contributed by atoms with van der Waals surface area (Å²) in [6.07, 6.45) is 0. The second kappa shape index (κ2) is 8.06. The predicted octanol–water partition coefficient (Wildman–Crippen LogP) is 4.04. The summed E-state index contributed by atoms with van der Waals surface area (Å²) in [7, 11) is 3.98. The minimum atomic E-state index is -0.0642. The van der Waals surface area contributed by atoms with Crippen LogP contribution in [0.1, 0.15) is 10.4 Å². The van der Waals surface area contributed by atoms with Gasteiger partial charge in [0.2, 0.25) is 0 Å². The Balaban J connectivity index is 1.70. The largest absolute Gasteiger partial charge is 0.486 e. The van der Waals surface area contributed by atoms with Gasteiger partial charge in [-0.2, -0.15) is 0 Å². The van der Waals surface area contributed by atoms with Gasteiger partial charge in [-0.15, -0.1) is 0 Å². The fourth-order valence-electron chi connectivity index (χ4n) is 2.90. The van der Waals surface area contributed by atoms with E-state index in [1.165, 1.54) is 11.3 Å². The summed E-state index contributed by atoms with van der Waals surface area (Å²) >= 11 is 4.90. The molecule has 4 rings (SSSR count). The number of benzene rings is 2. The quantitative estimate of drug-likeness (QED) is 0.573. The van der Waals surface area contributed by atoms with Crippen molar-refractivity contribution in [1.82, 2.24) is 9.88 Å². The highest BCUT2D eigenvalue weighted by atomic mass is 79.9. The summed E-state index contributed by atoms with van der Waals surface area (Å²) in [4.78, 5) is 21.7. The molecule has 1 amide bonds. The highest BCUT2D eigenvalue weighted by molar-refractivity contribution is 9.10. The van der Waals surface area contributed by atoms with Gasteiger partial charge < -0.3 is 14.4 Å². The number of amides is 1. The lowest BCUT2D eigenvalue weighted by Crippen LogP contribution is -2.36. The van der Waals surface area contributed by atoms with E-state index in [0.29, 0.717) is 36.2 Å². The van der Waals surface area contributed by atoms with Crippen molar-refractivity contribution in [3.05, 3.63) is 46.4 Å². The average Bonchev–Trinajstić information content (AvgIpc) is 3.08. The number of hydrogen-bond donors (Lipinski definition) is 0. The maximum atomic E-state index is 13.2. The first-order valence-electron chi connectivity index (χ1n) is 8.93. The van der Waals surface area contributed by atoms with E-state index in [-0.39, 0.29) is 5.91 Å². The van der Waals surface area contributed by atoms with E-state index in [1.807, 2.05) is 50.5 Å². The molecule has 0 saturated carbocycles. The molecule has 0 radical (unpaired) electrons. The zero-order chi connectivity index (χ0) is 19.7. The zero-order valence-electron chi connectivity index (χ0n) is 15.6. The van der Waals surface area contributed by atoms with Gasteiger partial charge in [-0.1, -0.05) is 27.3 Å². The Labute approximate surface area is 175 Å². The van der Waals surface area contributed by atoms with Gasteiger partial charge in [-0.05, 0) is 38.4 Å². The number of aromatic nitrogens is 1. The molecule has 0 unspecified atom stereocenters. The van der Waals surface area contributed by atoms with Gasteiger partial charge in [-0.25, -0.2) is 4.98 Å². The Morgan fingerprint density at radius 3 is 2.46 bits per heavy atom. The number of halogens is 1. The minimum Gasteiger partial charge on any atom is -0.486 e. The molecule has 0 aliphatic carbocycles. The molecule has 0 saturated heterocycles. The van der Waals surface area contributed by atoms with E-state index in [1.54, 1.807) is 4.90 Å². The molecule has 0 N–H and O–H groups in total. The highest BCUT2D eigenvalue weighted by Gasteiger charge is 2.23. The van der Waals surface area contributed by atoms with Crippen LogP contribution in [-0.4, -0.2) is 56.2 Å². The average molecular weight is 462 g/mol. The maximum Gasteiger partial charge on any atom is 0.260 e. The first-order chi connectivity index (χ1) is 13.5. The number of carbonyl (C=O) groups is 1. The SMILES string of the molecule is CN(C)CCN(C(=O)c1ccc(Br)cc1)c1nc2cc3c(cc2s1)OCCO3. The standard InChI is InChI=1S/C20H20BrN3O3S/c1-23(2)7-8-24(19(25)13-3-5-14(21)6-4-13)20-22-15-11-16-17(12-18(15)28-20)27-10-9-26-16/h3-6,11-12H,7-10H2,1-2H3. The molecule has 0 spiro atoms. The lowest BCUT2D eigenvalue weighted by molar-refractivity contribution is 0.0985. The zero-order valence-corrected chi connectivity index (χ0v) is 18.0. The summed E-state index contributed by atoms with van der Waals surface area (Å²) in [5.41, 5.74) is 1.44. The Hall–Kier alpha value is -2.16. The molecule has 2 heterocycles. The minimum absolute atomic E-state index is 0.0642. The number of hydrogen-bond acceptors (Lipinski definition) is 6. The van der Waals surface area contributed by atoms with E-state index in [2.05, 4.69) is 20.8 Å². The topological polar surface area (TPSA) is 54.9 Å². The lowest BCUT2D eigenvalue weighted by Gasteiger charge is -2.22. The van der Waals surface area contributed by atoms with Crippen molar-refractivity contribution in [3.63, 3.8) is 0 Å². The molecule has 0 atom stereocenters. The van der Waals surface area contributed by atoms with Crippen LogP contribution in [-0.2, 0) is 0 Å². The van der Waals surface area contributed by atoms with E-state index in [0.717, 1.165) is 27.0 Å². The van der Waals surface area contributed by atoms with Crippen molar-refractivity contribution >= 4 is 48.5 Å². The smallest absolute Gasteiger partial charge is 0.260 e. The molecule has 3 aromatic rings. The second-order valence-electron chi connectivity index (χ2n) is 6.73. The first kappa shape index (κ1) is 19.2.